The zero-order valence-corrected chi connectivity index (χ0v) is 10.7. The van der Waals surface area contributed by atoms with Gasteiger partial charge < -0.3 is 9.31 Å². The van der Waals surface area contributed by atoms with Gasteiger partial charge in [0.25, 0.3) is 0 Å². The van der Waals surface area contributed by atoms with Crippen LogP contribution in [0.4, 0.5) is 4.39 Å². The smallest absolute Gasteiger partial charge is 0.406 e. The van der Waals surface area contributed by atoms with Gasteiger partial charge in [-0.25, -0.2) is 4.68 Å². The van der Waals surface area contributed by atoms with E-state index in [0.717, 1.165) is 0 Å². The second-order valence-electron chi connectivity index (χ2n) is 5.55. The molecule has 0 aromatic carbocycles. The first-order chi connectivity index (χ1) is 7.91. The summed E-state index contributed by atoms with van der Waals surface area (Å²) in [5.74, 6) is -0.371. The average molecular weight is 240 g/mol. The van der Waals surface area contributed by atoms with Crippen molar-refractivity contribution in [1.82, 2.24) is 9.78 Å². The Morgan fingerprint density at radius 2 is 2.00 bits per heavy atom. The van der Waals surface area contributed by atoms with Crippen LogP contribution in [0.25, 0.3) is 0 Å². The molecule has 0 atom stereocenters. The maximum atomic E-state index is 14.0. The molecule has 1 aliphatic heterocycles. The summed E-state index contributed by atoms with van der Waals surface area (Å²) in [7, 11) is -0.629. The fraction of sp³-hybridized carbons (Fsp3) is 0.727. The van der Waals surface area contributed by atoms with Gasteiger partial charge in [-0.1, -0.05) is 13.8 Å². The molecule has 6 heteroatoms. The molecular weight excluding hydrogens is 222 g/mol. The topological polar surface area (TPSA) is 36.3 Å². The summed E-state index contributed by atoms with van der Waals surface area (Å²) in [4.78, 5) is 0. The van der Waals surface area contributed by atoms with Crippen molar-refractivity contribution in [2.45, 2.75) is 33.7 Å². The SMILES string of the molecule is CC(C)n1ncc(B2OCC(C)(C)CO2)c1F. The molecule has 0 unspecified atom stereocenters. The Hall–Kier alpha value is -0.875. The molecule has 0 saturated carbocycles. The Morgan fingerprint density at radius 3 is 2.47 bits per heavy atom. The average Bonchev–Trinajstić information content (AvgIpc) is 2.60. The summed E-state index contributed by atoms with van der Waals surface area (Å²) in [6.45, 7) is 8.99. The summed E-state index contributed by atoms with van der Waals surface area (Å²) in [5, 5.41) is 4.01. The highest BCUT2D eigenvalue weighted by atomic mass is 19.1. The van der Waals surface area contributed by atoms with Crippen LogP contribution in [0.1, 0.15) is 33.7 Å². The van der Waals surface area contributed by atoms with Gasteiger partial charge >= 0.3 is 7.12 Å². The van der Waals surface area contributed by atoms with Gasteiger partial charge in [-0.15, -0.1) is 0 Å². The quantitative estimate of drug-likeness (QED) is 0.732. The summed E-state index contributed by atoms with van der Waals surface area (Å²) >= 11 is 0. The molecule has 1 saturated heterocycles. The van der Waals surface area contributed by atoms with E-state index in [1.165, 1.54) is 10.9 Å². The lowest BCUT2D eigenvalue weighted by Gasteiger charge is -2.32. The third kappa shape index (κ3) is 2.52. The maximum absolute atomic E-state index is 14.0. The van der Waals surface area contributed by atoms with Crippen LogP contribution in [0.15, 0.2) is 6.20 Å². The molecule has 0 bridgehead atoms. The number of halogens is 1. The minimum Gasteiger partial charge on any atom is -0.406 e. The largest absolute Gasteiger partial charge is 0.500 e. The van der Waals surface area contributed by atoms with Crippen molar-refractivity contribution in [3.63, 3.8) is 0 Å². The highest BCUT2D eigenvalue weighted by molar-refractivity contribution is 6.61. The minimum absolute atomic E-state index is 0.0104. The van der Waals surface area contributed by atoms with Crippen molar-refractivity contribution >= 4 is 12.6 Å². The fourth-order valence-corrected chi connectivity index (χ4v) is 1.75. The molecule has 1 fully saturated rings. The second-order valence-corrected chi connectivity index (χ2v) is 5.55. The molecule has 1 aliphatic rings. The molecule has 94 valence electrons. The van der Waals surface area contributed by atoms with Crippen LogP contribution in [-0.2, 0) is 9.31 Å². The van der Waals surface area contributed by atoms with Crippen molar-refractivity contribution in [3.05, 3.63) is 12.1 Å². The molecule has 0 amide bonds. The predicted molar refractivity (Wildman–Crippen MR) is 63.6 cm³/mol. The number of nitrogens with zero attached hydrogens (tertiary/aromatic N) is 2. The number of hydrogen-bond donors (Lipinski definition) is 0. The van der Waals surface area contributed by atoms with Crippen LogP contribution < -0.4 is 5.46 Å². The Kier molecular flexibility index (Phi) is 3.27. The van der Waals surface area contributed by atoms with Crippen molar-refractivity contribution in [1.29, 1.82) is 0 Å². The third-order valence-electron chi connectivity index (χ3n) is 2.75. The summed E-state index contributed by atoms with van der Waals surface area (Å²) in [6, 6.07) is -0.0104. The van der Waals surface area contributed by atoms with Crippen molar-refractivity contribution < 1.29 is 13.7 Å². The molecule has 1 aromatic rings. The van der Waals surface area contributed by atoms with E-state index in [-0.39, 0.29) is 17.4 Å². The van der Waals surface area contributed by atoms with Crippen LogP contribution in [0.2, 0.25) is 0 Å². The van der Waals surface area contributed by atoms with E-state index in [1.807, 2.05) is 13.8 Å². The van der Waals surface area contributed by atoms with Crippen molar-refractivity contribution in [3.8, 4) is 0 Å². The molecule has 4 nitrogen and oxygen atoms in total. The van der Waals surface area contributed by atoms with Gasteiger partial charge in [0.05, 0.1) is 11.7 Å². The molecular formula is C11H18BFN2O2. The van der Waals surface area contributed by atoms with E-state index in [0.29, 0.717) is 18.7 Å². The van der Waals surface area contributed by atoms with Crippen LogP contribution in [-0.4, -0.2) is 30.1 Å². The lowest BCUT2D eigenvalue weighted by Crippen LogP contribution is -2.48. The number of rotatable bonds is 2. The van der Waals surface area contributed by atoms with Gasteiger partial charge in [0.1, 0.15) is 0 Å². The summed E-state index contributed by atoms with van der Waals surface area (Å²) < 4.78 is 26.4. The number of hydrogen-bond acceptors (Lipinski definition) is 3. The zero-order chi connectivity index (χ0) is 12.6. The van der Waals surface area contributed by atoms with Gasteiger partial charge in [-0.05, 0) is 13.8 Å². The fourth-order valence-electron chi connectivity index (χ4n) is 1.75. The van der Waals surface area contributed by atoms with E-state index < -0.39 is 7.12 Å². The molecule has 0 spiro atoms. The molecule has 1 aromatic heterocycles. The molecule has 17 heavy (non-hydrogen) atoms. The van der Waals surface area contributed by atoms with Gasteiger partial charge in [-0.3, -0.25) is 0 Å². The molecule has 0 aliphatic carbocycles. The zero-order valence-electron chi connectivity index (χ0n) is 10.7. The molecule has 2 rings (SSSR count). The van der Waals surface area contributed by atoms with Crippen LogP contribution >= 0.6 is 0 Å². The van der Waals surface area contributed by atoms with E-state index in [2.05, 4.69) is 18.9 Å². The van der Waals surface area contributed by atoms with Gasteiger partial charge in [-0.2, -0.15) is 9.49 Å². The number of aromatic nitrogens is 2. The van der Waals surface area contributed by atoms with Gasteiger partial charge in [0.15, 0.2) is 0 Å². The van der Waals surface area contributed by atoms with Crippen molar-refractivity contribution in [2.75, 3.05) is 13.2 Å². The highest BCUT2D eigenvalue weighted by Crippen LogP contribution is 2.21. The molecule has 2 heterocycles. The van der Waals surface area contributed by atoms with Crippen LogP contribution in [0.3, 0.4) is 0 Å². The Bertz CT molecular complexity index is 396. The first kappa shape index (κ1) is 12.6. The normalized spacial score (nSPS) is 20.0. The molecule has 0 radical (unpaired) electrons. The molecule has 0 N–H and O–H groups in total. The van der Waals surface area contributed by atoms with Crippen LogP contribution in [0.5, 0.6) is 0 Å². The highest BCUT2D eigenvalue weighted by Gasteiger charge is 2.36. The summed E-state index contributed by atoms with van der Waals surface area (Å²) in [6.07, 6.45) is 1.48. The standard InChI is InChI=1S/C11H18BFN2O2/c1-8(2)15-10(13)9(5-14-15)12-16-6-11(3,4)7-17-12/h5,8H,6-7H2,1-4H3. The maximum Gasteiger partial charge on any atom is 0.500 e. The van der Waals surface area contributed by atoms with Gasteiger partial charge in [0.2, 0.25) is 5.95 Å². The van der Waals surface area contributed by atoms with Gasteiger partial charge in [0, 0.05) is 24.7 Å². The monoisotopic (exact) mass is 240 g/mol. The third-order valence-corrected chi connectivity index (χ3v) is 2.75. The first-order valence-corrected chi connectivity index (χ1v) is 5.87. The minimum atomic E-state index is -0.629. The lowest BCUT2D eigenvalue weighted by molar-refractivity contribution is 0.0340. The second kappa shape index (κ2) is 4.42. The summed E-state index contributed by atoms with van der Waals surface area (Å²) in [5.41, 5.74) is 0.371. The van der Waals surface area contributed by atoms with E-state index in [4.69, 9.17) is 9.31 Å². The van der Waals surface area contributed by atoms with Crippen LogP contribution in [0, 0.1) is 11.4 Å². The van der Waals surface area contributed by atoms with Crippen molar-refractivity contribution in [2.24, 2.45) is 5.41 Å². The Balaban J connectivity index is 2.14. The Morgan fingerprint density at radius 1 is 1.41 bits per heavy atom. The first-order valence-electron chi connectivity index (χ1n) is 5.87. The van der Waals surface area contributed by atoms with E-state index in [1.54, 1.807) is 0 Å². The van der Waals surface area contributed by atoms with E-state index in [9.17, 15) is 4.39 Å². The van der Waals surface area contributed by atoms with E-state index >= 15 is 0 Å². The Labute approximate surface area is 101 Å². The lowest BCUT2D eigenvalue weighted by atomic mass is 9.77. The predicted octanol–water partition coefficient (Wildman–Crippen LogP) is 1.37.